The molecule has 1 fully saturated rings. The maximum absolute atomic E-state index is 12.6. The summed E-state index contributed by atoms with van der Waals surface area (Å²) in [4.78, 5) is 1.27. The summed E-state index contributed by atoms with van der Waals surface area (Å²) in [6.45, 7) is 3.06. The highest BCUT2D eigenvalue weighted by Crippen LogP contribution is 2.37. The molecular formula is C38H42BN2O7S2. The van der Waals surface area contributed by atoms with Gasteiger partial charge in [-0.1, -0.05) is 48.5 Å². The number of nitrogens with two attached hydrogens (primary N) is 1. The smallest absolute Gasteiger partial charge is 0.206 e. The number of hydrogen-bond donors (Lipinski definition) is 1. The minimum Gasteiger partial charge on any atom is -0.381 e. The molecule has 0 saturated carbocycles. The van der Waals surface area contributed by atoms with Crippen molar-refractivity contribution >= 4 is 28.1 Å². The normalized spacial score (nSPS) is 17.5. The molecule has 7 rings (SSSR count). The third-order valence-electron chi connectivity index (χ3n) is 8.62. The van der Waals surface area contributed by atoms with Crippen molar-refractivity contribution < 1.29 is 31.0 Å². The fraction of sp³-hybridized carbons (Fsp3) is 0.342. The fourth-order valence-corrected chi connectivity index (χ4v) is 8.78. The lowest BCUT2D eigenvalue weighted by Crippen LogP contribution is -2.11. The van der Waals surface area contributed by atoms with Crippen molar-refractivity contribution in [2.45, 2.75) is 70.3 Å². The van der Waals surface area contributed by atoms with E-state index in [1.807, 2.05) is 12.1 Å². The summed E-state index contributed by atoms with van der Waals surface area (Å²) < 4.78 is 66.6. The van der Waals surface area contributed by atoms with Crippen LogP contribution in [-0.4, -0.2) is 58.2 Å². The lowest BCUT2D eigenvalue weighted by atomic mass is 10.1. The van der Waals surface area contributed by atoms with Crippen LogP contribution in [0.2, 0.25) is 0 Å². The van der Waals surface area contributed by atoms with E-state index in [9.17, 15) is 16.8 Å². The molecule has 3 aliphatic rings. The van der Waals surface area contributed by atoms with Gasteiger partial charge in [0.2, 0.25) is 19.7 Å². The third-order valence-corrected chi connectivity index (χ3v) is 12.1. The molecule has 9 nitrogen and oxygen atoms in total. The van der Waals surface area contributed by atoms with Gasteiger partial charge in [0.1, 0.15) is 6.61 Å². The molecule has 4 aromatic rings. The van der Waals surface area contributed by atoms with E-state index < -0.39 is 19.7 Å². The Hall–Kier alpha value is -3.83. The van der Waals surface area contributed by atoms with E-state index in [0.29, 0.717) is 32.7 Å². The minimum atomic E-state index is -3.49. The average Bonchev–Trinajstić information content (AvgIpc) is 3.93. The van der Waals surface area contributed by atoms with Crippen molar-refractivity contribution in [3.63, 3.8) is 0 Å². The van der Waals surface area contributed by atoms with Gasteiger partial charge in [0.15, 0.2) is 0 Å². The van der Waals surface area contributed by atoms with E-state index >= 15 is 0 Å². The Kier molecular flexibility index (Phi) is 14.4. The van der Waals surface area contributed by atoms with Crippen LogP contribution in [0.4, 0.5) is 0 Å². The topological polar surface area (TPSA) is 146 Å². The summed E-state index contributed by atoms with van der Waals surface area (Å²) >= 11 is 0. The number of fused-ring (bicyclic) bond motifs is 2. The second-order valence-electron chi connectivity index (χ2n) is 11.9. The summed E-state index contributed by atoms with van der Waals surface area (Å²) in [5.74, 6) is 0. The van der Waals surface area contributed by atoms with Crippen LogP contribution in [0, 0.1) is 11.3 Å². The third kappa shape index (κ3) is 9.49. The molecule has 2 atom stereocenters. The van der Waals surface area contributed by atoms with Crippen molar-refractivity contribution in [1.82, 2.24) is 0 Å². The largest absolute Gasteiger partial charge is 0.381 e. The molecule has 1 heterocycles. The molecule has 0 bridgehead atoms. The Morgan fingerprint density at radius 3 is 1.54 bits per heavy atom. The number of aryl methyl sites for hydroxylation is 2. The predicted octanol–water partition coefficient (Wildman–Crippen LogP) is 5.94. The predicted molar refractivity (Wildman–Crippen MR) is 191 cm³/mol. The number of nitrogens with zero attached hydrogens (tertiary/aromatic N) is 1. The molecule has 1 saturated heterocycles. The summed E-state index contributed by atoms with van der Waals surface area (Å²) in [6.07, 6.45) is 5.75. The summed E-state index contributed by atoms with van der Waals surface area (Å²) in [7, 11) is -6.94. The molecule has 0 aromatic heterocycles. The lowest BCUT2D eigenvalue weighted by Gasteiger charge is -2.13. The second-order valence-corrected chi connectivity index (χ2v) is 15.8. The van der Waals surface area contributed by atoms with Gasteiger partial charge in [0.05, 0.1) is 44.5 Å². The lowest BCUT2D eigenvalue weighted by molar-refractivity contribution is 0.0597. The zero-order valence-electron chi connectivity index (χ0n) is 27.9. The minimum absolute atomic E-state index is 0. The molecule has 50 heavy (non-hydrogen) atoms. The summed E-state index contributed by atoms with van der Waals surface area (Å²) in [5.41, 5.74) is 9.58. The Bertz CT molecular complexity index is 1940. The van der Waals surface area contributed by atoms with E-state index in [-0.39, 0.29) is 27.2 Å². The highest BCUT2D eigenvalue weighted by Gasteiger charge is 2.27. The van der Waals surface area contributed by atoms with Gasteiger partial charge in [-0.25, -0.2) is 16.8 Å². The zero-order chi connectivity index (χ0) is 34.7. The second kappa shape index (κ2) is 18.4. The van der Waals surface area contributed by atoms with Crippen LogP contribution in [0.1, 0.15) is 60.1 Å². The van der Waals surface area contributed by atoms with Gasteiger partial charge in [0.25, 0.3) is 0 Å². The number of ether oxygens (including phenoxy) is 3. The van der Waals surface area contributed by atoms with Gasteiger partial charge in [-0.2, -0.15) is 5.26 Å². The Morgan fingerprint density at radius 2 is 1.14 bits per heavy atom. The molecule has 2 aliphatic carbocycles. The summed E-state index contributed by atoms with van der Waals surface area (Å²) in [6, 6.07) is 29.4. The molecule has 2 unspecified atom stereocenters. The van der Waals surface area contributed by atoms with Crippen molar-refractivity contribution in [2.24, 2.45) is 5.73 Å². The number of benzene rings is 4. The van der Waals surface area contributed by atoms with Crippen LogP contribution in [0.3, 0.4) is 0 Å². The van der Waals surface area contributed by atoms with Crippen LogP contribution < -0.4 is 5.73 Å². The van der Waals surface area contributed by atoms with E-state index in [1.165, 1.54) is 12.8 Å². The van der Waals surface area contributed by atoms with Gasteiger partial charge in [0, 0.05) is 28.2 Å². The molecule has 3 radical (unpaired) electrons. The first-order valence-corrected chi connectivity index (χ1v) is 19.5. The maximum atomic E-state index is 12.6. The molecule has 4 aromatic carbocycles. The Balaban J connectivity index is 0.000000193. The highest BCUT2D eigenvalue weighted by atomic mass is 32.2. The molecule has 261 valence electrons. The van der Waals surface area contributed by atoms with Gasteiger partial charge >= 0.3 is 0 Å². The van der Waals surface area contributed by atoms with Crippen molar-refractivity contribution in [1.29, 1.82) is 5.26 Å². The van der Waals surface area contributed by atoms with Crippen molar-refractivity contribution in [2.75, 3.05) is 33.0 Å². The van der Waals surface area contributed by atoms with Crippen LogP contribution in [0.5, 0.6) is 0 Å². The van der Waals surface area contributed by atoms with E-state index in [1.54, 1.807) is 91.0 Å². The standard InChI is InChI=1S/C17H19NO3S.C17H15NO3S.C4H8O.B/c2*18-10-11-21-17-9-6-13-12-15(7-8-16(13)17)22(19,20)14-4-2-1-3-5-14;1-2-4-5-3-1;/h1-5,7-8,12,17H,6,9-11,18H2;1-5,7-8,12,17H,6,9,11H2;1-4H2;. The van der Waals surface area contributed by atoms with E-state index in [2.05, 4.69) is 0 Å². The fourth-order valence-electron chi connectivity index (χ4n) is 6.12. The first kappa shape index (κ1) is 39.0. The Morgan fingerprint density at radius 1 is 0.680 bits per heavy atom. The number of hydrogen-bond acceptors (Lipinski definition) is 9. The molecule has 1 aliphatic heterocycles. The maximum Gasteiger partial charge on any atom is 0.206 e. The quantitative estimate of drug-likeness (QED) is 0.208. The highest BCUT2D eigenvalue weighted by molar-refractivity contribution is 7.91. The molecule has 2 N–H and O–H groups in total. The van der Waals surface area contributed by atoms with E-state index in [4.69, 9.17) is 25.2 Å². The van der Waals surface area contributed by atoms with E-state index in [0.717, 1.165) is 61.2 Å². The van der Waals surface area contributed by atoms with Crippen LogP contribution in [0.15, 0.2) is 117 Å². The zero-order valence-corrected chi connectivity index (χ0v) is 29.6. The van der Waals surface area contributed by atoms with Gasteiger partial charge in [-0.3, -0.25) is 0 Å². The number of rotatable bonds is 9. The number of sulfone groups is 2. The van der Waals surface area contributed by atoms with Crippen molar-refractivity contribution in [3.8, 4) is 6.07 Å². The first-order valence-electron chi connectivity index (χ1n) is 16.5. The number of nitriles is 1. The van der Waals surface area contributed by atoms with Crippen molar-refractivity contribution in [3.05, 3.63) is 119 Å². The molecule has 12 heteroatoms. The van der Waals surface area contributed by atoms with Crippen LogP contribution in [-0.2, 0) is 46.7 Å². The first-order chi connectivity index (χ1) is 23.8. The molecular weight excluding hydrogens is 671 g/mol. The Labute approximate surface area is 297 Å². The van der Waals surface area contributed by atoms with Crippen LogP contribution in [0.25, 0.3) is 0 Å². The molecule has 0 amide bonds. The average molecular weight is 714 g/mol. The SMILES string of the molecule is C1CCOC1.N#CCOC1CCc2cc(S(=O)(=O)c3ccccc3)ccc21.NCCOC1CCc2cc(S(=O)(=O)c3ccccc3)ccc21.[B]. The van der Waals surface area contributed by atoms with Crippen LogP contribution >= 0.6 is 0 Å². The monoisotopic (exact) mass is 713 g/mol. The summed E-state index contributed by atoms with van der Waals surface area (Å²) in [5, 5.41) is 8.60. The molecule has 0 spiro atoms. The van der Waals surface area contributed by atoms with Gasteiger partial charge in [-0.05, 0) is 109 Å². The van der Waals surface area contributed by atoms with Gasteiger partial charge in [-0.15, -0.1) is 0 Å². The van der Waals surface area contributed by atoms with Gasteiger partial charge < -0.3 is 19.9 Å².